The van der Waals surface area contributed by atoms with E-state index in [1.54, 1.807) is 0 Å². The summed E-state index contributed by atoms with van der Waals surface area (Å²) in [5.41, 5.74) is 2.63. The molecule has 1 aromatic carbocycles. The van der Waals surface area contributed by atoms with Gasteiger partial charge in [-0.05, 0) is 51.7 Å². The van der Waals surface area contributed by atoms with Crippen LogP contribution in [0.1, 0.15) is 52.2 Å². The predicted molar refractivity (Wildman–Crippen MR) is 80.3 cm³/mol. The van der Waals surface area contributed by atoms with Crippen molar-refractivity contribution in [1.29, 1.82) is 0 Å². The van der Waals surface area contributed by atoms with Gasteiger partial charge >= 0.3 is 0 Å². The fourth-order valence-electron chi connectivity index (χ4n) is 3.01. The van der Waals surface area contributed by atoms with E-state index in [1.165, 1.54) is 11.1 Å². The van der Waals surface area contributed by atoms with Crippen molar-refractivity contribution >= 4 is 0 Å². The molecule has 0 amide bonds. The van der Waals surface area contributed by atoms with Gasteiger partial charge in [0.05, 0.1) is 11.2 Å². The highest BCUT2D eigenvalue weighted by molar-refractivity contribution is 5.22. The highest BCUT2D eigenvalue weighted by Crippen LogP contribution is 2.37. The standard InChI is InChI=1S/C17H27NO/c1-6-13-7-9-14(10-8-13)12-18-15-11-16(2,3)19-17(15,4)5/h7-10,15,18H,6,11-12H2,1-5H3. The minimum atomic E-state index is -0.0904. The Labute approximate surface area is 117 Å². The van der Waals surface area contributed by atoms with Crippen LogP contribution < -0.4 is 5.32 Å². The van der Waals surface area contributed by atoms with Crippen LogP contribution in [-0.2, 0) is 17.7 Å². The normalized spacial score (nSPS) is 24.6. The molecular formula is C17H27NO. The summed E-state index contributed by atoms with van der Waals surface area (Å²) < 4.78 is 6.11. The summed E-state index contributed by atoms with van der Waals surface area (Å²) in [7, 11) is 0. The molecule has 1 N–H and O–H groups in total. The summed E-state index contributed by atoms with van der Waals surface area (Å²) in [6.45, 7) is 11.8. The number of ether oxygens (including phenoxy) is 1. The predicted octanol–water partition coefficient (Wildman–Crippen LogP) is 3.68. The van der Waals surface area contributed by atoms with Crippen LogP contribution in [0.15, 0.2) is 24.3 Å². The van der Waals surface area contributed by atoms with Gasteiger partial charge in [-0.1, -0.05) is 31.2 Å². The van der Waals surface area contributed by atoms with Crippen LogP contribution in [0.4, 0.5) is 0 Å². The molecule has 0 radical (unpaired) electrons. The number of benzene rings is 1. The van der Waals surface area contributed by atoms with Gasteiger partial charge in [0.1, 0.15) is 0 Å². The van der Waals surface area contributed by atoms with Gasteiger partial charge in [-0.3, -0.25) is 0 Å². The van der Waals surface area contributed by atoms with E-state index in [0.717, 1.165) is 19.4 Å². The van der Waals surface area contributed by atoms with Crippen molar-refractivity contribution in [3.8, 4) is 0 Å². The molecule has 1 saturated heterocycles. The molecule has 0 saturated carbocycles. The Hall–Kier alpha value is -0.860. The fourth-order valence-corrected chi connectivity index (χ4v) is 3.01. The van der Waals surface area contributed by atoms with Crippen LogP contribution in [-0.4, -0.2) is 17.2 Å². The van der Waals surface area contributed by atoms with E-state index in [4.69, 9.17) is 4.74 Å². The van der Waals surface area contributed by atoms with E-state index < -0.39 is 0 Å². The smallest absolute Gasteiger partial charge is 0.0787 e. The summed E-state index contributed by atoms with van der Waals surface area (Å²) in [5.74, 6) is 0. The maximum atomic E-state index is 6.11. The van der Waals surface area contributed by atoms with Gasteiger partial charge in [-0.15, -0.1) is 0 Å². The van der Waals surface area contributed by atoms with Gasteiger partial charge in [0.15, 0.2) is 0 Å². The Kier molecular flexibility index (Phi) is 4.03. The minimum absolute atomic E-state index is 0.0206. The second kappa shape index (κ2) is 5.26. The third kappa shape index (κ3) is 3.58. The minimum Gasteiger partial charge on any atom is -0.368 e. The molecule has 1 unspecified atom stereocenters. The van der Waals surface area contributed by atoms with Crippen molar-refractivity contribution in [2.45, 2.75) is 71.2 Å². The lowest BCUT2D eigenvalue weighted by Gasteiger charge is -2.28. The topological polar surface area (TPSA) is 21.3 Å². The van der Waals surface area contributed by atoms with Gasteiger partial charge in [0.2, 0.25) is 0 Å². The lowest BCUT2D eigenvalue weighted by molar-refractivity contribution is -0.0699. The number of hydrogen-bond acceptors (Lipinski definition) is 2. The maximum Gasteiger partial charge on any atom is 0.0787 e. The van der Waals surface area contributed by atoms with Crippen LogP contribution in [0.5, 0.6) is 0 Å². The van der Waals surface area contributed by atoms with Crippen LogP contribution in [0.2, 0.25) is 0 Å². The number of rotatable bonds is 4. The van der Waals surface area contributed by atoms with Crippen LogP contribution in [0.3, 0.4) is 0 Å². The molecule has 1 heterocycles. The number of hydrogen-bond donors (Lipinski definition) is 1. The second-order valence-electron chi connectivity index (χ2n) is 6.77. The first-order chi connectivity index (χ1) is 8.82. The van der Waals surface area contributed by atoms with Gasteiger partial charge in [0.25, 0.3) is 0 Å². The first-order valence-corrected chi connectivity index (χ1v) is 7.34. The third-order valence-corrected chi connectivity index (χ3v) is 4.06. The molecule has 2 rings (SSSR count). The highest BCUT2D eigenvalue weighted by Gasteiger charge is 2.45. The van der Waals surface area contributed by atoms with Crippen molar-refractivity contribution in [1.82, 2.24) is 5.32 Å². The Morgan fingerprint density at radius 3 is 2.16 bits per heavy atom. The molecule has 1 aliphatic rings. The molecule has 1 aliphatic heterocycles. The first kappa shape index (κ1) is 14.5. The van der Waals surface area contributed by atoms with E-state index in [2.05, 4.69) is 64.2 Å². The largest absolute Gasteiger partial charge is 0.368 e. The fraction of sp³-hybridized carbons (Fsp3) is 0.647. The van der Waals surface area contributed by atoms with E-state index in [0.29, 0.717) is 6.04 Å². The summed E-state index contributed by atoms with van der Waals surface area (Å²) in [4.78, 5) is 0. The second-order valence-corrected chi connectivity index (χ2v) is 6.77. The zero-order chi connectivity index (χ0) is 14.1. The zero-order valence-electron chi connectivity index (χ0n) is 12.9. The van der Waals surface area contributed by atoms with Gasteiger partial charge in [-0.25, -0.2) is 0 Å². The summed E-state index contributed by atoms with van der Waals surface area (Å²) in [6.07, 6.45) is 2.17. The molecule has 1 atom stereocenters. The van der Waals surface area contributed by atoms with Crippen LogP contribution in [0, 0.1) is 0 Å². The van der Waals surface area contributed by atoms with Gasteiger partial charge in [0, 0.05) is 12.6 Å². The molecule has 0 spiro atoms. The van der Waals surface area contributed by atoms with Gasteiger partial charge < -0.3 is 10.1 Å². The summed E-state index contributed by atoms with van der Waals surface area (Å²) in [6, 6.07) is 9.29. The quantitative estimate of drug-likeness (QED) is 0.892. The molecule has 1 fully saturated rings. The zero-order valence-corrected chi connectivity index (χ0v) is 12.9. The van der Waals surface area contributed by atoms with Crippen LogP contribution in [0.25, 0.3) is 0 Å². The lowest BCUT2D eigenvalue weighted by Crippen LogP contribution is -2.42. The number of nitrogens with one attached hydrogen (secondary N) is 1. The van der Waals surface area contributed by atoms with Crippen molar-refractivity contribution in [3.63, 3.8) is 0 Å². The molecular weight excluding hydrogens is 234 g/mol. The summed E-state index contributed by atoms with van der Waals surface area (Å²) in [5, 5.41) is 3.66. The third-order valence-electron chi connectivity index (χ3n) is 4.06. The Morgan fingerprint density at radius 1 is 1.11 bits per heavy atom. The van der Waals surface area contributed by atoms with E-state index in [-0.39, 0.29) is 11.2 Å². The molecule has 1 aromatic rings. The van der Waals surface area contributed by atoms with Gasteiger partial charge in [-0.2, -0.15) is 0 Å². The maximum absolute atomic E-state index is 6.11. The first-order valence-electron chi connectivity index (χ1n) is 7.34. The van der Waals surface area contributed by atoms with Crippen LogP contribution >= 0.6 is 0 Å². The Morgan fingerprint density at radius 2 is 1.68 bits per heavy atom. The highest BCUT2D eigenvalue weighted by atomic mass is 16.5. The monoisotopic (exact) mass is 261 g/mol. The molecule has 0 bridgehead atoms. The Bertz CT molecular complexity index is 419. The molecule has 2 heteroatoms. The van der Waals surface area contributed by atoms with Crippen molar-refractivity contribution in [3.05, 3.63) is 35.4 Å². The van der Waals surface area contributed by atoms with E-state index >= 15 is 0 Å². The van der Waals surface area contributed by atoms with E-state index in [1.807, 2.05) is 0 Å². The number of aryl methyl sites for hydroxylation is 1. The Balaban J connectivity index is 1.94. The molecule has 0 aliphatic carbocycles. The van der Waals surface area contributed by atoms with Crippen molar-refractivity contribution in [2.75, 3.05) is 0 Å². The molecule has 0 aromatic heterocycles. The average molecular weight is 261 g/mol. The molecule has 19 heavy (non-hydrogen) atoms. The summed E-state index contributed by atoms with van der Waals surface area (Å²) >= 11 is 0. The van der Waals surface area contributed by atoms with E-state index in [9.17, 15) is 0 Å². The molecule has 2 nitrogen and oxygen atoms in total. The van der Waals surface area contributed by atoms with Crippen molar-refractivity contribution in [2.24, 2.45) is 0 Å². The average Bonchev–Trinajstić information content (AvgIpc) is 2.55. The lowest BCUT2D eigenvalue weighted by atomic mass is 9.94. The van der Waals surface area contributed by atoms with Crippen molar-refractivity contribution < 1.29 is 4.74 Å². The SMILES string of the molecule is CCc1ccc(CNC2CC(C)(C)OC2(C)C)cc1. The molecule has 106 valence electrons.